The van der Waals surface area contributed by atoms with Crippen LogP contribution in [0, 0.1) is 11.3 Å². The van der Waals surface area contributed by atoms with E-state index in [4.69, 9.17) is 4.74 Å². The second-order valence-corrected chi connectivity index (χ2v) is 7.19. The monoisotopic (exact) mass is 416 g/mol. The summed E-state index contributed by atoms with van der Waals surface area (Å²) in [6.45, 7) is 0.206. The van der Waals surface area contributed by atoms with Gasteiger partial charge in [0.15, 0.2) is 11.6 Å². The number of nitriles is 1. The number of hydrogen-bond acceptors (Lipinski definition) is 6. The van der Waals surface area contributed by atoms with Crippen molar-refractivity contribution in [1.29, 1.82) is 5.26 Å². The molecule has 4 rings (SSSR count). The number of fused-ring (bicyclic) bond motifs is 1. The van der Waals surface area contributed by atoms with Gasteiger partial charge < -0.3 is 19.3 Å². The van der Waals surface area contributed by atoms with Gasteiger partial charge in [0.05, 0.1) is 16.6 Å². The molecule has 156 valence electrons. The standard InChI is InChI=1S/C23H20N4O4/c1-26-19-6-3-2-5-18(19)25-22(26)17(13-24)20(28)14-31-23(30)15-8-10-16(11-9-15)27-12-4-7-21(27)29/h2-3,5-6,8-11,28H,4,7,12,14H2,1H3/b20-17-. The molecule has 1 aliphatic rings. The van der Waals surface area contributed by atoms with E-state index in [-0.39, 0.29) is 28.6 Å². The van der Waals surface area contributed by atoms with Crippen molar-refractivity contribution in [2.75, 3.05) is 18.1 Å². The van der Waals surface area contributed by atoms with E-state index < -0.39 is 12.6 Å². The summed E-state index contributed by atoms with van der Waals surface area (Å²) in [4.78, 5) is 30.3. The number of para-hydroxylation sites is 2. The fourth-order valence-corrected chi connectivity index (χ4v) is 3.60. The molecule has 1 aliphatic heterocycles. The lowest BCUT2D eigenvalue weighted by atomic mass is 10.2. The number of carbonyl (C=O) groups excluding carboxylic acids is 2. The van der Waals surface area contributed by atoms with Gasteiger partial charge in [-0.3, -0.25) is 4.79 Å². The third-order valence-electron chi connectivity index (χ3n) is 5.24. The fraction of sp³-hybridized carbons (Fsp3) is 0.217. The summed E-state index contributed by atoms with van der Waals surface area (Å²) in [5.74, 6) is -0.671. The van der Waals surface area contributed by atoms with Crippen LogP contribution >= 0.6 is 0 Å². The summed E-state index contributed by atoms with van der Waals surface area (Å²) in [6, 6.07) is 15.8. The molecule has 1 amide bonds. The minimum atomic E-state index is -0.645. The first-order valence-corrected chi connectivity index (χ1v) is 9.81. The van der Waals surface area contributed by atoms with E-state index >= 15 is 0 Å². The molecule has 1 aromatic heterocycles. The number of nitrogens with zero attached hydrogens (tertiary/aromatic N) is 4. The number of benzene rings is 2. The lowest BCUT2D eigenvalue weighted by Crippen LogP contribution is -2.23. The number of aromatic nitrogens is 2. The number of carbonyl (C=O) groups is 2. The molecule has 2 aromatic carbocycles. The van der Waals surface area contributed by atoms with Gasteiger partial charge in [-0.05, 0) is 42.8 Å². The van der Waals surface area contributed by atoms with Crippen LogP contribution in [0.4, 0.5) is 5.69 Å². The van der Waals surface area contributed by atoms with Gasteiger partial charge in [0.2, 0.25) is 5.91 Å². The highest BCUT2D eigenvalue weighted by Crippen LogP contribution is 2.23. The van der Waals surface area contributed by atoms with Crippen LogP contribution in [0.1, 0.15) is 29.0 Å². The maximum absolute atomic E-state index is 12.4. The van der Waals surface area contributed by atoms with Crippen LogP contribution in [-0.2, 0) is 16.6 Å². The average Bonchev–Trinajstić information content (AvgIpc) is 3.36. The van der Waals surface area contributed by atoms with Crippen molar-refractivity contribution in [3.8, 4) is 6.07 Å². The van der Waals surface area contributed by atoms with Crippen LogP contribution in [0.3, 0.4) is 0 Å². The zero-order chi connectivity index (χ0) is 22.0. The number of anilines is 1. The molecule has 2 heterocycles. The Morgan fingerprint density at radius 1 is 1.23 bits per heavy atom. The molecule has 1 saturated heterocycles. The normalized spacial score (nSPS) is 14.5. The van der Waals surface area contributed by atoms with Crippen LogP contribution in [-0.4, -0.2) is 39.7 Å². The van der Waals surface area contributed by atoms with E-state index in [1.165, 1.54) is 0 Å². The molecule has 0 spiro atoms. The summed E-state index contributed by atoms with van der Waals surface area (Å²) in [5, 5.41) is 20.0. The first-order chi connectivity index (χ1) is 15.0. The second kappa shape index (κ2) is 8.32. The average molecular weight is 416 g/mol. The van der Waals surface area contributed by atoms with Crippen LogP contribution in [0.25, 0.3) is 16.6 Å². The molecule has 0 unspecified atom stereocenters. The molecular weight excluding hydrogens is 396 g/mol. The van der Waals surface area contributed by atoms with Crippen molar-refractivity contribution >= 4 is 34.2 Å². The number of ether oxygens (including phenoxy) is 1. The highest BCUT2D eigenvalue weighted by molar-refractivity contribution is 5.96. The number of imidazole rings is 1. The quantitative estimate of drug-likeness (QED) is 0.388. The number of aliphatic hydroxyl groups excluding tert-OH is 1. The van der Waals surface area contributed by atoms with Gasteiger partial charge in [-0.1, -0.05) is 12.1 Å². The van der Waals surface area contributed by atoms with Gasteiger partial charge in [0, 0.05) is 25.7 Å². The molecule has 1 N–H and O–H groups in total. The second-order valence-electron chi connectivity index (χ2n) is 7.19. The van der Waals surface area contributed by atoms with Crippen molar-refractivity contribution < 1.29 is 19.4 Å². The van der Waals surface area contributed by atoms with E-state index in [0.29, 0.717) is 18.5 Å². The van der Waals surface area contributed by atoms with Gasteiger partial charge in [0.25, 0.3) is 0 Å². The predicted octanol–water partition coefficient (Wildman–Crippen LogP) is 3.35. The van der Waals surface area contributed by atoms with Crippen LogP contribution in [0.15, 0.2) is 54.3 Å². The molecule has 3 aromatic rings. The Labute approximate surface area is 178 Å². The molecule has 8 nitrogen and oxygen atoms in total. The summed E-state index contributed by atoms with van der Waals surface area (Å²) >= 11 is 0. The summed E-state index contributed by atoms with van der Waals surface area (Å²) < 4.78 is 6.88. The third kappa shape index (κ3) is 3.85. The number of aryl methyl sites for hydroxylation is 1. The van der Waals surface area contributed by atoms with Crippen molar-refractivity contribution in [1.82, 2.24) is 9.55 Å². The lowest BCUT2D eigenvalue weighted by Gasteiger charge is -2.15. The molecule has 31 heavy (non-hydrogen) atoms. The van der Waals surface area contributed by atoms with Crippen LogP contribution in [0.2, 0.25) is 0 Å². The molecule has 0 atom stereocenters. The Kier molecular flexibility index (Phi) is 5.41. The van der Waals surface area contributed by atoms with Gasteiger partial charge in [-0.2, -0.15) is 5.26 Å². The molecule has 8 heteroatoms. The van der Waals surface area contributed by atoms with E-state index in [1.54, 1.807) is 40.8 Å². The van der Waals surface area contributed by atoms with E-state index in [9.17, 15) is 20.0 Å². The van der Waals surface area contributed by atoms with Gasteiger partial charge in [-0.25, -0.2) is 9.78 Å². The maximum atomic E-state index is 12.4. The molecule has 0 saturated carbocycles. The predicted molar refractivity (Wildman–Crippen MR) is 114 cm³/mol. The van der Waals surface area contributed by atoms with Crippen LogP contribution in [0.5, 0.6) is 0 Å². The third-order valence-corrected chi connectivity index (χ3v) is 5.24. The summed E-state index contributed by atoms with van der Waals surface area (Å²) in [7, 11) is 1.74. The highest BCUT2D eigenvalue weighted by atomic mass is 16.5. The molecule has 0 bridgehead atoms. The highest BCUT2D eigenvalue weighted by Gasteiger charge is 2.22. The number of aliphatic hydroxyl groups is 1. The van der Waals surface area contributed by atoms with Gasteiger partial charge >= 0.3 is 5.97 Å². The number of rotatable bonds is 5. The van der Waals surface area contributed by atoms with Crippen molar-refractivity contribution in [3.05, 3.63) is 65.7 Å². The lowest BCUT2D eigenvalue weighted by molar-refractivity contribution is -0.117. The summed E-state index contributed by atoms with van der Waals surface area (Å²) in [6.07, 6.45) is 1.35. The molecule has 1 fully saturated rings. The fourth-order valence-electron chi connectivity index (χ4n) is 3.60. The Bertz CT molecular complexity index is 1230. The van der Waals surface area contributed by atoms with E-state index in [0.717, 1.165) is 17.6 Å². The van der Waals surface area contributed by atoms with Crippen molar-refractivity contribution in [3.63, 3.8) is 0 Å². The van der Waals surface area contributed by atoms with Crippen molar-refractivity contribution in [2.24, 2.45) is 7.05 Å². The van der Waals surface area contributed by atoms with E-state index in [2.05, 4.69) is 4.98 Å². The smallest absolute Gasteiger partial charge is 0.338 e. The first kappa shape index (κ1) is 20.2. The number of allylic oxidation sites excluding steroid dienone is 1. The van der Waals surface area contributed by atoms with Gasteiger partial charge in [-0.15, -0.1) is 0 Å². The van der Waals surface area contributed by atoms with Crippen LogP contribution < -0.4 is 4.90 Å². The summed E-state index contributed by atoms with van der Waals surface area (Å²) in [5.41, 5.74) is 2.45. The Balaban J connectivity index is 1.48. The SMILES string of the molecule is Cn1c(/C(C#N)=C(\O)COC(=O)c2ccc(N3CCCC3=O)cc2)nc2ccccc21. The molecule has 0 radical (unpaired) electrons. The minimum absolute atomic E-state index is 0.0607. The Hall–Kier alpha value is -4.12. The Morgan fingerprint density at radius 2 is 1.97 bits per heavy atom. The largest absolute Gasteiger partial charge is 0.507 e. The molecule has 0 aliphatic carbocycles. The van der Waals surface area contributed by atoms with E-state index in [1.807, 2.05) is 30.3 Å². The zero-order valence-electron chi connectivity index (χ0n) is 16.9. The number of esters is 1. The number of hydrogen-bond donors (Lipinski definition) is 1. The minimum Gasteiger partial charge on any atom is -0.507 e. The maximum Gasteiger partial charge on any atom is 0.338 e. The topological polar surface area (TPSA) is 108 Å². The first-order valence-electron chi connectivity index (χ1n) is 9.81. The van der Waals surface area contributed by atoms with Gasteiger partial charge in [0.1, 0.15) is 18.2 Å². The molecular formula is C23H20N4O4. The Morgan fingerprint density at radius 3 is 2.61 bits per heavy atom. The van der Waals surface area contributed by atoms with Crippen molar-refractivity contribution in [2.45, 2.75) is 12.8 Å². The zero-order valence-corrected chi connectivity index (χ0v) is 16.9. The number of amides is 1.